The minimum Gasteiger partial charge on any atom is -0.383 e. The molecule has 0 aliphatic carbocycles. The first-order valence-electron chi connectivity index (χ1n) is 7.45. The summed E-state index contributed by atoms with van der Waals surface area (Å²) in [5.41, 5.74) is 9.53. The first-order chi connectivity index (χ1) is 11.0. The molecule has 0 unspecified atom stereocenters. The van der Waals surface area contributed by atoms with Gasteiger partial charge in [0.1, 0.15) is 10.7 Å². The van der Waals surface area contributed by atoms with Crippen molar-refractivity contribution in [3.63, 3.8) is 0 Å². The normalized spacial score (nSPS) is 15.0. The van der Waals surface area contributed by atoms with E-state index < -0.39 is 0 Å². The lowest BCUT2D eigenvalue weighted by Gasteiger charge is -2.26. The molecule has 0 saturated carbocycles. The van der Waals surface area contributed by atoms with E-state index in [1.807, 2.05) is 25.1 Å². The number of benzene rings is 1. The lowest BCUT2D eigenvalue weighted by Crippen LogP contribution is -2.40. The van der Waals surface area contributed by atoms with Crippen LogP contribution in [0.4, 0.5) is 5.82 Å². The van der Waals surface area contributed by atoms with Crippen LogP contribution < -0.4 is 5.73 Å². The van der Waals surface area contributed by atoms with E-state index >= 15 is 0 Å². The molecule has 1 aliphatic rings. The van der Waals surface area contributed by atoms with Crippen molar-refractivity contribution >= 4 is 35.3 Å². The summed E-state index contributed by atoms with van der Waals surface area (Å²) in [7, 11) is 0. The Morgan fingerprint density at radius 2 is 1.96 bits per heavy atom. The molecule has 2 aromatic rings. The van der Waals surface area contributed by atoms with E-state index in [0.29, 0.717) is 41.0 Å². The molecule has 0 radical (unpaired) electrons. The number of carbonyl (C=O) groups is 1. The maximum atomic E-state index is 12.7. The summed E-state index contributed by atoms with van der Waals surface area (Å²) in [6, 6.07) is 6.05. The van der Waals surface area contributed by atoms with Gasteiger partial charge in [0.15, 0.2) is 3.95 Å². The molecule has 23 heavy (non-hydrogen) atoms. The average molecular weight is 349 g/mol. The predicted octanol–water partition coefficient (Wildman–Crippen LogP) is 2.94. The summed E-state index contributed by atoms with van der Waals surface area (Å²) in [5, 5.41) is 0. The van der Waals surface area contributed by atoms with Crippen LogP contribution in [0.2, 0.25) is 0 Å². The zero-order valence-corrected chi connectivity index (χ0v) is 14.8. The lowest BCUT2D eigenvalue weighted by atomic mass is 10.1. The number of hydrogen-bond donors (Lipinski definition) is 1. The third-order valence-electron chi connectivity index (χ3n) is 4.09. The molecule has 7 heteroatoms. The number of rotatable bonds is 2. The number of anilines is 1. The molecule has 5 nitrogen and oxygen atoms in total. The standard InChI is InChI=1S/C16H19N3O2S2/c1-10-3-4-12(9-11(10)2)19-14(17)13(23-16(19)22)15(20)18-5-7-21-8-6-18/h3-4,9H,5-8,17H2,1-2H3. The number of aryl methyl sites for hydroxylation is 2. The molecule has 1 aromatic carbocycles. The quantitative estimate of drug-likeness (QED) is 0.847. The first-order valence-corrected chi connectivity index (χ1v) is 8.67. The minimum atomic E-state index is -0.0653. The Morgan fingerprint density at radius 3 is 2.61 bits per heavy atom. The predicted molar refractivity (Wildman–Crippen MR) is 95.1 cm³/mol. The largest absolute Gasteiger partial charge is 0.383 e. The zero-order valence-electron chi connectivity index (χ0n) is 13.2. The second kappa shape index (κ2) is 6.43. The Labute approximate surface area is 144 Å². The summed E-state index contributed by atoms with van der Waals surface area (Å²) < 4.78 is 7.65. The smallest absolute Gasteiger partial charge is 0.267 e. The van der Waals surface area contributed by atoms with Crippen LogP contribution in [-0.4, -0.2) is 41.7 Å². The number of nitrogens with two attached hydrogens (primary N) is 1. The number of carbonyl (C=O) groups excluding carboxylic acids is 1. The number of morpholine rings is 1. The van der Waals surface area contributed by atoms with E-state index in [2.05, 4.69) is 6.92 Å². The summed E-state index contributed by atoms with van der Waals surface area (Å²) >= 11 is 6.71. The van der Waals surface area contributed by atoms with Crippen LogP contribution in [-0.2, 0) is 4.74 Å². The van der Waals surface area contributed by atoms with Gasteiger partial charge in [-0.05, 0) is 49.3 Å². The van der Waals surface area contributed by atoms with Crippen molar-refractivity contribution in [3.05, 3.63) is 38.2 Å². The highest BCUT2D eigenvalue weighted by atomic mass is 32.1. The molecule has 1 fully saturated rings. The average Bonchev–Trinajstić information content (AvgIpc) is 2.85. The van der Waals surface area contributed by atoms with Gasteiger partial charge in [0.25, 0.3) is 5.91 Å². The van der Waals surface area contributed by atoms with Crippen LogP contribution >= 0.6 is 23.6 Å². The molecule has 0 spiro atoms. The van der Waals surface area contributed by atoms with Crippen molar-refractivity contribution in [1.82, 2.24) is 9.47 Å². The second-order valence-corrected chi connectivity index (χ2v) is 7.24. The molecule has 2 heterocycles. The fourth-order valence-electron chi connectivity index (χ4n) is 2.56. The highest BCUT2D eigenvalue weighted by Crippen LogP contribution is 2.28. The van der Waals surface area contributed by atoms with E-state index in [1.165, 1.54) is 16.9 Å². The van der Waals surface area contributed by atoms with Crippen LogP contribution in [0.25, 0.3) is 5.69 Å². The maximum Gasteiger partial charge on any atom is 0.267 e. The first kappa shape index (κ1) is 16.2. The summed E-state index contributed by atoms with van der Waals surface area (Å²) in [6.45, 7) is 6.41. The minimum absolute atomic E-state index is 0.0653. The Balaban J connectivity index is 2.00. The van der Waals surface area contributed by atoms with Gasteiger partial charge in [0.2, 0.25) is 0 Å². The molecule has 1 saturated heterocycles. The number of nitrogen functional groups attached to an aromatic ring is 1. The van der Waals surface area contributed by atoms with Gasteiger partial charge in [-0.1, -0.05) is 17.4 Å². The van der Waals surface area contributed by atoms with Gasteiger partial charge in [0.05, 0.1) is 13.2 Å². The number of ether oxygens (including phenoxy) is 1. The summed E-state index contributed by atoms with van der Waals surface area (Å²) in [4.78, 5) is 15.0. The van der Waals surface area contributed by atoms with Crippen molar-refractivity contribution < 1.29 is 9.53 Å². The topological polar surface area (TPSA) is 60.5 Å². The van der Waals surface area contributed by atoms with Crippen molar-refractivity contribution in [3.8, 4) is 5.69 Å². The molecule has 1 aliphatic heterocycles. The molecular formula is C16H19N3O2S2. The van der Waals surface area contributed by atoms with Crippen LogP contribution in [0.5, 0.6) is 0 Å². The van der Waals surface area contributed by atoms with Crippen molar-refractivity contribution in [2.45, 2.75) is 13.8 Å². The SMILES string of the molecule is Cc1ccc(-n2c(N)c(C(=O)N3CCOCC3)sc2=S)cc1C. The van der Waals surface area contributed by atoms with Gasteiger partial charge in [-0.15, -0.1) is 0 Å². The number of amides is 1. The molecule has 1 aromatic heterocycles. The van der Waals surface area contributed by atoms with Gasteiger partial charge >= 0.3 is 0 Å². The van der Waals surface area contributed by atoms with E-state index in [1.54, 1.807) is 9.47 Å². The van der Waals surface area contributed by atoms with Crippen LogP contribution in [0.15, 0.2) is 18.2 Å². The Hall–Kier alpha value is -1.70. The molecule has 1 amide bonds. The third kappa shape index (κ3) is 3.04. The van der Waals surface area contributed by atoms with E-state index in [-0.39, 0.29) is 5.91 Å². The Kier molecular flexibility index (Phi) is 4.52. The highest BCUT2D eigenvalue weighted by molar-refractivity contribution is 7.73. The molecule has 0 bridgehead atoms. The van der Waals surface area contributed by atoms with Gasteiger partial charge in [0, 0.05) is 18.8 Å². The molecule has 122 valence electrons. The Morgan fingerprint density at radius 1 is 1.26 bits per heavy atom. The van der Waals surface area contributed by atoms with Gasteiger partial charge in [-0.2, -0.15) is 0 Å². The number of aromatic nitrogens is 1. The molecular weight excluding hydrogens is 330 g/mol. The van der Waals surface area contributed by atoms with Crippen LogP contribution in [0.3, 0.4) is 0 Å². The summed E-state index contributed by atoms with van der Waals surface area (Å²) in [5.74, 6) is 0.351. The molecule has 3 rings (SSSR count). The van der Waals surface area contributed by atoms with E-state index in [9.17, 15) is 4.79 Å². The molecule has 0 atom stereocenters. The molecule has 2 N–H and O–H groups in total. The monoisotopic (exact) mass is 349 g/mol. The zero-order chi connectivity index (χ0) is 16.6. The number of thiazole rings is 1. The van der Waals surface area contributed by atoms with Crippen molar-refractivity contribution in [2.24, 2.45) is 0 Å². The van der Waals surface area contributed by atoms with E-state index in [0.717, 1.165) is 11.3 Å². The fraction of sp³-hybridized carbons (Fsp3) is 0.375. The number of nitrogens with zero attached hydrogens (tertiary/aromatic N) is 2. The van der Waals surface area contributed by atoms with Crippen LogP contribution in [0.1, 0.15) is 20.8 Å². The lowest BCUT2D eigenvalue weighted by molar-refractivity contribution is 0.0306. The Bertz CT molecular complexity index is 804. The van der Waals surface area contributed by atoms with E-state index in [4.69, 9.17) is 22.7 Å². The number of hydrogen-bond acceptors (Lipinski definition) is 5. The van der Waals surface area contributed by atoms with Gasteiger partial charge < -0.3 is 15.4 Å². The van der Waals surface area contributed by atoms with Crippen molar-refractivity contribution in [1.29, 1.82) is 0 Å². The summed E-state index contributed by atoms with van der Waals surface area (Å²) in [6.07, 6.45) is 0. The third-order valence-corrected chi connectivity index (χ3v) is 5.46. The van der Waals surface area contributed by atoms with Gasteiger partial charge in [-0.25, -0.2) is 0 Å². The second-order valence-electron chi connectivity index (χ2n) is 5.59. The van der Waals surface area contributed by atoms with Crippen LogP contribution in [0, 0.1) is 17.8 Å². The highest BCUT2D eigenvalue weighted by Gasteiger charge is 2.24. The van der Waals surface area contributed by atoms with Crippen molar-refractivity contribution in [2.75, 3.05) is 32.0 Å². The fourth-order valence-corrected chi connectivity index (χ4v) is 3.89. The van der Waals surface area contributed by atoms with Gasteiger partial charge in [-0.3, -0.25) is 9.36 Å². The maximum absolute atomic E-state index is 12.7.